The third-order valence-electron chi connectivity index (χ3n) is 3.92. The second-order valence-electron chi connectivity index (χ2n) is 6.70. The highest BCUT2D eigenvalue weighted by Crippen LogP contribution is 2.21. The van der Waals surface area contributed by atoms with Gasteiger partial charge in [0.05, 0.1) is 21.2 Å². The van der Waals surface area contributed by atoms with Gasteiger partial charge < -0.3 is 5.32 Å². The molecule has 6 nitrogen and oxygen atoms in total. The highest BCUT2D eigenvalue weighted by molar-refractivity contribution is 6.36. The van der Waals surface area contributed by atoms with E-state index in [4.69, 9.17) is 34.8 Å². The van der Waals surface area contributed by atoms with Crippen LogP contribution in [0.25, 0.3) is 0 Å². The lowest BCUT2D eigenvalue weighted by Crippen LogP contribution is -2.52. The largest absolute Gasteiger partial charge is 0.340 e. The predicted octanol–water partition coefficient (Wildman–Crippen LogP) is 4.25. The monoisotopic (exact) mass is 455 g/mol. The summed E-state index contributed by atoms with van der Waals surface area (Å²) in [5, 5.41) is 3.46. The first kappa shape index (κ1) is 23.0. The number of hydrogen-bond acceptors (Lipinski definition) is 3. The van der Waals surface area contributed by atoms with Crippen molar-refractivity contribution in [2.45, 2.75) is 26.3 Å². The number of rotatable bonds is 6. The average molecular weight is 457 g/mol. The maximum absolute atomic E-state index is 12.6. The van der Waals surface area contributed by atoms with Crippen LogP contribution in [-0.2, 0) is 4.79 Å². The summed E-state index contributed by atoms with van der Waals surface area (Å²) in [7, 11) is 0. The van der Waals surface area contributed by atoms with Gasteiger partial charge in [-0.15, -0.1) is 0 Å². The van der Waals surface area contributed by atoms with E-state index in [1.165, 1.54) is 24.3 Å². The van der Waals surface area contributed by atoms with E-state index in [0.717, 1.165) is 0 Å². The minimum absolute atomic E-state index is 0.103. The molecule has 0 aliphatic heterocycles. The molecule has 29 heavy (non-hydrogen) atoms. The SMILES string of the molecule is CC(C)C[C@@H](NC(=O)c1ccc(Cl)cc1Cl)C(=O)NNC(=O)c1ccccc1Cl. The van der Waals surface area contributed by atoms with Gasteiger partial charge in [0.25, 0.3) is 17.7 Å². The maximum Gasteiger partial charge on any atom is 0.271 e. The van der Waals surface area contributed by atoms with Gasteiger partial charge >= 0.3 is 0 Å². The lowest BCUT2D eigenvalue weighted by molar-refractivity contribution is -0.124. The zero-order valence-electron chi connectivity index (χ0n) is 15.8. The summed E-state index contributed by atoms with van der Waals surface area (Å²) in [6.45, 7) is 3.81. The van der Waals surface area contributed by atoms with Crippen LogP contribution in [0, 0.1) is 5.92 Å². The van der Waals surface area contributed by atoms with Crippen molar-refractivity contribution in [1.29, 1.82) is 0 Å². The molecule has 0 fully saturated rings. The fraction of sp³-hybridized carbons (Fsp3) is 0.250. The Morgan fingerprint density at radius 3 is 2.14 bits per heavy atom. The standard InChI is InChI=1S/C20H20Cl3N3O3/c1-11(2)9-17(24-18(27)14-8-7-12(21)10-16(14)23)20(29)26-25-19(28)13-5-3-4-6-15(13)22/h3-8,10-11,17H,9H2,1-2H3,(H,24,27)(H,25,28)(H,26,29)/t17-/m1/s1. The van der Waals surface area contributed by atoms with Crippen LogP contribution >= 0.6 is 34.8 Å². The van der Waals surface area contributed by atoms with Crippen molar-refractivity contribution >= 4 is 52.5 Å². The molecule has 0 bridgehead atoms. The van der Waals surface area contributed by atoms with Crippen LogP contribution < -0.4 is 16.2 Å². The van der Waals surface area contributed by atoms with Crippen molar-refractivity contribution in [2.24, 2.45) is 5.92 Å². The van der Waals surface area contributed by atoms with Gasteiger partial charge in [0.2, 0.25) is 0 Å². The summed E-state index contributed by atoms with van der Waals surface area (Å²) in [4.78, 5) is 37.3. The molecule has 0 spiro atoms. The van der Waals surface area contributed by atoms with E-state index in [9.17, 15) is 14.4 Å². The number of amides is 3. The molecule has 0 aliphatic carbocycles. The lowest BCUT2D eigenvalue weighted by atomic mass is 10.0. The van der Waals surface area contributed by atoms with E-state index < -0.39 is 23.8 Å². The fourth-order valence-corrected chi connectivity index (χ4v) is 3.25. The highest BCUT2D eigenvalue weighted by atomic mass is 35.5. The molecule has 0 radical (unpaired) electrons. The van der Waals surface area contributed by atoms with Gasteiger partial charge in [-0.3, -0.25) is 25.2 Å². The van der Waals surface area contributed by atoms with Crippen LogP contribution in [-0.4, -0.2) is 23.8 Å². The minimum Gasteiger partial charge on any atom is -0.340 e. The number of hydrazine groups is 1. The topological polar surface area (TPSA) is 87.3 Å². The molecule has 0 aromatic heterocycles. The molecule has 0 unspecified atom stereocenters. The van der Waals surface area contributed by atoms with Crippen LogP contribution in [0.5, 0.6) is 0 Å². The molecule has 3 N–H and O–H groups in total. The molecule has 2 aromatic rings. The van der Waals surface area contributed by atoms with Crippen molar-refractivity contribution in [3.8, 4) is 0 Å². The van der Waals surface area contributed by atoms with Gasteiger partial charge in [-0.1, -0.05) is 60.8 Å². The first-order chi connectivity index (χ1) is 13.7. The number of hydrogen-bond donors (Lipinski definition) is 3. The molecule has 0 aliphatic rings. The Hall–Kier alpha value is -2.28. The van der Waals surface area contributed by atoms with Crippen LogP contribution in [0.4, 0.5) is 0 Å². The zero-order valence-corrected chi connectivity index (χ0v) is 18.0. The molecule has 0 saturated carbocycles. The summed E-state index contributed by atoms with van der Waals surface area (Å²) >= 11 is 17.9. The molecular formula is C20H20Cl3N3O3. The van der Waals surface area contributed by atoms with Gasteiger partial charge in [-0.05, 0) is 42.7 Å². The highest BCUT2D eigenvalue weighted by Gasteiger charge is 2.24. The van der Waals surface area contributed by atoms with E-state index in [1.54, 1.807) is 18.2 Å². The Bertz CT molecular complexity index is 919. The molecule has 0 saturated heterocycles. The Labute approximate surface area is 183 Å². The molecule has 3 amide bonds. The number of halogens is 3. The second kappa shape index (κ2) is 10.5. The molecule has 1 atom stereocenters. The van der Waals surface area contributed by atoms with E-state index in [0.29, 0.717) is 11.4 Å². The van der Waals surface area contributed by atoms with Crippen molar-refractivity contribution in [1.82, 2.24) is 16.2 Å². The van der Waals surface area contributed by atoms with E-state index in [1.807, 2.05) is 13.8 Å². The quantitative estimate of drug-likeness (QED) is 0.568. The van der Waals surface area contributed by atoms with Gasteiger partial charge in [0.15, 0.2) is 0 Å². The van der Waals surface area contributed by atoms with E-state index >= 15 is 0 Å². The van der Waals surface area contributed by atoms with Crippen LogP contribution in [0.2, 0.25) is 15.1 Å². The summed E-state index contributed by atoms with van der Waals surface area (Å²) in [6.07, 6.45) is 0.352. The van der Waals surface area contributed by atoms with Gasteiger partial charge in [0.1, 0.15) is 6.04 Å². The summed E-state index contributed by atoms with van der Waals surface area (Å²) in [5.74, 6) is -1.56. The average Bonchev–Trinajstić information content (AvgIpc) is 2.65. The Morgan fingerprint density at radius 1 is 0.862 bits per heavy atom. The summed E-state index contributed by atoms with van der Waals surface area (Å²) in [5.41, 5.74) is 5.04. The maximum atomic E-state index is 12.6. The summed E-state index contributed by atoms with van der Waals surface area (Å²) < 4.78 is 0. The van der Waals surface area contributed by atoms with Crippen molar-refractivity contribution in [3.63, 3.8) is 0 Å². The third-order valence-corrected chi connectivity index (χ3v) is 4.80. The molecule has 0 heterocycles. The number of benzene rings is 2. The Kier molecular flexibility index (Phi) is 8.32. The van der Waals surface area contributed by atoms with Crippen molar-refractivity contribution in [2.75, 3.05) is 0 Å². The van der Waals surface area contributed by atoms with E-state index in [2.05, 4.69) is 16.2 Å². The number of nitrogens with one attached hydrogen (secondary N) is 3. The zero-order chi connectivity index (χ0) is 21.6. The van der Waals surface area contributed by atoms with Gasteiger partial charge in [-0.25, -0.2) is 0 Å². The second-order valence-corrected chi connectivity index (χ2v) is 7.95. The fourth-order valence-electron chi connectivity index (χ4n) is 2.53. The Balaban J connectivity index is 2.06. The molecule has 154 valence electrons. The molecule has 2 rings (SSSR count). The predicted molar refractivity (Wildman–Crippen MR) is 114 cm³/mol. The molecule has 2 aromatic carbocycles. The number of carbonyl (C=O) groups is 3. The van der Waals surface area contributed by atoms with Crippen LogP contribution in [0.1, 0.15) is 41.0 Å². The molecule has 9 heteroatoms. The minimum atomic E-state index is -0.888. The van der Waals surface area contributed by atoms with Gasteiger partial charge in [0, 0.05) is 5.02 Å². The third kappa shape index (κ3) is 6.63. The normalized spacial score (nSPS) is 11.7. The smallest absolute Gasteiger partial charge is 0.271 e. The van der Waals surface area contributed by atoms with Gasteiger partial charge in [-0.2, -0.15) is 0 Å². The molecular weight excluding hydrogens is 437 g/mol. The van der Waals surface area contributed by atoms with Crippen LogP contribution in [0.3, 0.4) is 0 Å². The first-order valence-corrected chi connectivity index (χ1v) is 9.93. The van der Waals surface area contributed by atoms with Crippen LogP contribution in [0.15, 0.2) is 42.5 Å². The van der Waals surface area contributed by atoms with Crippen molar-refractivity contribution in [3.05, 3.63) is 68.7 Å². The first-order valence-electron chi connectivity index (χ1n) is 8.79. The number of carbonyl (C=O) groups excluding carboxylic acids is 3. The summed E-state index contributed by atoms with van der Waals surface area (Å²) in [6, 6.07) is 10.00. The van der Waals surface area contributed by atoms with Crippen molar-refractivity contribution < 1.29 is 14.4 Å². The van der Waals surface area contributed by atoms with E-state index in [-0.39, 0.29) is 27.1 Å². The Morgan fingerprint density at radius 2 is 1.52 bits per heavy atom. The lowest BCUT2D eigenvalue weighted by Gasteiger charge is -2.21.